The third-order valence-corrected chi connectivity index (χ3v) is 5.86. The van der Waals surface area contributed by atoms with Crippen molar-refractivity contribution in [3.05, 3.63) is 42.1 Å². The van der Waals surface area contributed by atoms with Crippen molar-refractivity contribution in [3.8, 4) is 17.3 Å². The average molecular weight is 586 g/mol. The van der Waals surface area contributed by atoms with Gasteiger partial charge in [0, 0.05) is 50.8 Å². The number of nitrogens with zero attached hydrogens (tertiary/aromatic N) is 3. The molecule has 1 atom stereocenters. The first-order valence-electron chi connectivity index (χ1n) is 13.9. The van der Waals surface area contributed by atoms with Gasteiger partial charge < -0.3 is 34.5 Å². The first-order chi connectivity index (χ1) is 20.1. The Morgan fingerprint density at radius 2 is 1.76 bits per heavy atom. The van der Waals surface area contributed by atoms with Crippen molar-refractivity contribution >= 4 is 23.9 Å². The van der Waals surface area contributed by atoms with Gasteiger partial charge in [0.15, 0.2) is 5.82 Å². The fourth-order valence-electron chi connectivity index (χ4n) is 3.89. The van der Waals surface area contributed by atoms with Crippen LogP contribution in [0.25, 0.3) is 11.4 Å². The second-order valence-electron chi connectivity index (χ2n) is 10.4. The van der Waals surface area contributed by atoms with Gasteiger partial charge in [-0.05, 0) is 34.1 Å². The number of piperazine rings is 1. The van der Waals surface area contributed by atoms with Gasteiger partial charge in [-0.15, -0.1) is 0 Å². The first-order valence-corrected chi connectivity index (χ1v) is 13.9. The SMILES string of the molecule is CCOCCOc1cc(C(=O)NC(CCC(=O)OC(C)(C)C)C(=O)OC(=O)N2CCNCC2)nc(-c2ccccc2)n1. The number of hydrogen-bond donors (Lipinski definition) is 2. The van der Waals surface area contributed by atoms with Crippen molar-refractivity contribution < 1.29 is 38.1 Å². The molecule has 13 nitrogen and oxygen atoms in total. The summed E-state index contributed by atoms with van der Waals surface area (Å²) in [7, 11) is 0. The van der Waals surface area contributed by atoms with Gasteiger partial charge in [-0.1, -0.05) is 30.3 Å². The number of hydrogen-bond acceptors (Lipinski definition) is 11. The molecule has 228 valence electrons. The molecule has 0 aliphatic carbocycles. The van der Waals surface area contributed by atoms with E-state index in [0.29, 0.717) is 45.0 Å². The van der Waals surface area contributed by atoms with Crippen LogP contribution in [0.4, 0.5) is 4.79 Å². The van der Waals surface area contributed by atoms with Crippen LogP contribution in [0.15, 0.2) is 36.4 Å². The molecule has 2 N–H and O–H groups in total. The fourth-order valence-corrected chi connectivity index (χ4v) is 3.89. The molecule has 0 spiro atoms. The van der Waals surface area contributed by atoms with Crippen LogP contribution in [0, 0.1) is 0 Å². The highest BCUT2D eigenvalue weighted by Gasteiger charge is 2.30. The maximum absolute atomic E-state index is 13.4. The van der Waals surface area contributed by atoms with E-state index in [1.807, 2.05) is 13.0 Å². The molecule has 2 aromatic rings. The summed E-state index contributed by atoms with van der Waals surface area (Å²) in [6.45, 7) is 9.93. The van der Waals surface area contributed by atoms with Crippen molar-refractivity contribution in [1.29, 1.82) is 0 Å². The molecule has 1 aliphatic rings. The van der Waals surface area contributed by atoms with Crippen molar-refractivity contribution in [2.45, 2.75) is 52.2 Å². The number of amides is 2. The summed E-state index contributed by atoms with van der Waals surface area (Å²) in [5.41, 5.74) is -0.176. The predicted octanol–water partition coefficient (Wildman–Crippen LogP) is 2.35. The maximum Gasteiger partial charge on any atom is 0.417 e. The molecule has 2 amide bonds. The van der Waals surface area contributed by atoms with Gasteiger partial charge in [-0.2, -0.15) is 4.98 Å². The van der Waals surface area contributed by atoms with Crippen molar-refractivity contribution in [3.63, 3.8) is 0 Å². The Bertz CT molecular complexity index is 1210. The normalized spacial score (nSPS) is 14.0. The van der Waals surface area contributed by atoms with Crippen LogP contribution in [-0.2, 0) is 23.8 Å². The molecule has 13 heteroatoms. The lowest BCUT2D eigenvalue weighted by Gasteiger charge is -2.27. The Morgan fingerprint density at radius 1 is 1.05 bits per heavy atom. The van der Waals surface area contributed by atoms with Crippen LogP contribution in [0.1, 0.15) is 51.0 Å². The topological polar surface area (TPSA) is 158 Å². The molecule has 1 saturated heterocycles. The molecule has 1 fully saturated rings. The van der Waals surface area contributed by atoms with Crippen LogP contribution in [0.5, 0.6) is 5.88 Å². The van der Waals surface area contributed by atoms with Gasteiger partial charge in [0.05, 0.1) is 6.61 Å². The third kappa shape index (κ3) is 10.7. The minimum Gasteiger partial charge on any atom is -0.475 e. The molecule has 1 unspecified atom stereocenters. The predicted molar refractivity (Wildman–Crippen MR) is 152 cm³/mol. The number of esters is 2. The lowest BCUT2D eigenvalue weighted by molar-refractivity contribution is -0.155. The van der Waals surface area contributed by atoms with Crippen molar-refractivity contribution in [1.82, 2.24) is 25.5 Å². The molecule has 1 aromatic carbocycles. The molecule has 0 saturated carbocycles. The van der Waals surface area contributed by atoms with Crippen LogP contribution in [-0.4, -0.2) is 96.4 Å². The summed E-state index contributed by atoms with van der Waals surface area (Å²) < 4.78 is 21.4. The number of benzene rings is 1. The Hall–Kier alpha value is -4.10. The van der Waals surface area contributed by atoms with E-state index < -0.39 is 35.6 Å². The second kappa shape index (κ2) is 15.8. The summed E-state index contributed by atoms with van der Waals surface area (Å²) in [6, 6.07) is 9.01. The number of carbonyl (C=O) groups excluding carboxylic acids is 4. The number of nitrogens with one attached hydrogen (secondary N) is 2. The van der Waals surface area contributed by atoms with Crippen LogP contribution < -0.4 is 15.4 Å². The summed E-state index contributed by atoms with van der Waals surface area (Å²) in [6.07, 6.45) is -1.19. The lowest BCUT2D eigenvalue weighted by atomic mass is 10.1. The molecular formula is C29H39N5O8. The monoisotopic (exact) mass is 585 g/mol. The number of rotatable bonds is 12. The molecule has 1 aliphatic heterocycles. The van der Waals surface area contributed by atoms with E-state index in [2.05, 4.69) is 20.6 Å². The smallest absolute Gasteiger partial charge is 0.417 e. The standard InChI is InChI=1S/C29H39N5O8/c1-5-39-17-18-40-23-19-22(31-25(33-23)20-9-7-6-8-10-20)26(36)32-21(11-12-24(35)42-29(2,3)4)27(37)41-28(38)34-15-13-30-14-16-34/h6-10,19,21,30H,5,11-18H2,1-4H3,(H,32,36). The highest BCUT2D eigenvalue weighted by Crippen LogP contribution is 2.20. The summed E-state index contributed by atoms with van der Waals surface area (Å²) in [5, 5.41) is 5.68. The Balaban J connectivity index is 1.81. The maximum atomic E-state index is 13.4. The minimum atomic E-state index is -1.34. The van der Waals surface area contributed by atoms with E-state index in [1.165, 1.54) is 11.0 Å². The molecule has 3 rings (SSSR count). The van der Waals surface area contributed by atoms with Gasteiger partial charge in [0.25, 0.3) is 5.91 Å². The number of carbonyl (C=O) groups is 4. The second-order valence-corrected chi connectivity index (χ2v) is 10.4. The van der Waals surface area contributed by atoms with E-state index in [1.54, 1.807) is 45.0 Å². The van der Waals surface area contributed by atoms with Crippen LogP contribution >= 0.6 is 0 Å². The van der Waals surface area contributed by atoms with Gasteiger partial charge >= 0.3 is 18.0 Å². The van der Waals surface area contributed by atoms with Crippen molar-refractivity contribution in [2.24, 2.45) is 0 Å². The number of ether oxygens (including phenoxy) is 4. The van der Waals surface area contributed by atoms with E-state index in [-0.39, 0.29) is 36.8 Å². The third-order valence-electron chi connectivity index (χ3n) is 5.86. The highest BCUT2D eigenvalue weighted by molar-refractivity contribution is 5.97. The zero-order chi connectivity index (χ0) is 30.5. The van der Waals surface area contributed by atoms with Gasteiger partial charge in [-0.3, -0.25) is 9.59 Å². The van der Waals surface area contributed by atoms with E-state index in [4.69, 9.17) is 18.9 Å². The molecular weight excluding hydrogens is 546 g/mol. The summed E-state index contributed by atoms with van der Waals surface area (Å²) >= 11 is 0. The first kappa shape index (κ1) is 32.4. The highest BCUT2D eigenvalue weighted by atomic mass is 16.6. The lowest BCUT2D eigenvalue weighted by Crippen LogP contribution is -2.49. The Kier molecular flexibility index (Phi) is 12.2. The van der Waals surface area contributed by atoms with Gasteiger partial charge in [0.1, 0.15) is 23.9 Å². The zero-order valence-corrected chi connectivity index (χ0v) is 24.5. The van der Waals surface area contributed by atoms with E-state index >= 15 is 0 Å². The zero-order valence-electron chi connectivity index (χ0n) is 24.5. The van der Waals surface area contributed by atoms with E-state index in [9.17, 15) is 19.2 Å². The minimum absolute atomic E-state index is 0.0845. The Morgan fingerprint density at radius 3 is 2.43 bits per heavy atom. The van der Waals surface area contributed by atoms with Gasteiger partial charge in [-0.25, -0.2) is 14.6 Å². The molecule has 1 aromatic heterocycles. The average Bonchev–Trinajstić information content (AvgIpc) is 2.97. The molecule has 2 heterocycles. The number of aromatic nitrogens is 2. The Labute approximate surface area is 245 Å². The van der Waals surface area contributed by atoms with Crippen molar-refractivity contribution in [2.75, 3.05) is 46.0 Å². The van der Waals surface area contributed by atoms with Crippen LogP contribution in [0.3, 0.4) is 0 Å². The molecule has 0 radical (unpaired) electrons. The molecule has 0 bridgehead atoms. The largest absolute Gasteiger partial charge is 0.475 e. The quantitative estimate of drug-likeness (QED) is 0.214. The van der Waals surface area contributed by atoms with E-state index in [0.717, 1.165) is 0 Å². The van der Waals surface area contributed by atoms with Crippen LogP contribution in [0.2, 0.25) is 0 Å². The molecule has 42 heavy (non-hydrogen) atoms. The van der Waals surface area contributed by atoms with Gasteiger partial charge in [0.2, 0.25) is 5.88 Å². The fraction of sp³-hybridized carbons (Fsp3) is 0.517. The summed E-state index contributed by atoms with van der Waals surface area (Å²) in [5.74, 6) is -1.95. The summed E-state index contributed by atoms with van der Waals surface area (Å²) in [4.78, 5) is 61.7.